The minimum Gasteiger partial charge on any atom is -0.273 e. The van der Waals surface area contributed by atoms with E-state index in [4.69, 9.17) is 11.6 Å². The van der Waals surface area contributed by atoms with Crippen molar-refractivity contribution >= 4 is 11.6 Å². The maximum absolute atomic E-state index is 13.2. The molecule has 0 aliphatic carbocycles. The van der Waals surface area contributed by atoms with Crippen LogP contribution in [0.4, 0.5) is 4.39 Å². The van der Waals surface area contributed by atoms with Crippen LogP contribution >= 0.6 is 11.6 Å². The van der Waals surface area contributed by atoms with Crippen molar-refractivity contribution in [2.75, 3.05) is 5.88 Å². The molecule has 96 valence electrons. The first kappa shape index (κ1) is 13.1. The molecule has 18 heavy (non-hydrogen) atoms. The molecule has 0 N–H and O–H groups in total. The molecular formula is C14H16ClFN2. The van der Waals surface area contributed by atoms with Gasteiger partial charge in [0.25, 0.3) is 0 Å². The van der Waals surface area contributed by atoms with Crippen LogP contribution in [0, 0.1) is 5.82 Å². The maximum Gasteiger partial charge on any atom is 0.123 e. The molecule has 0 bridgehead atoms. The third-order valence-corrected chi connectivity index (χ3v) is 3.37. The molecule has 0 amide bonds. The van der Waals surface area contributed by atoms with Crippen molar-refractivity contribution < 1.29 is 4.39 Å². The molecule has 2 nitrogen and oxygen atoms in total. The quantitative estimate of drug-likeness (QED) is 0.756. The van der Waals surface area contributed by atoms with Crippen molar-refractivity contribution in [3.8, 4) is 0 Å². The highest BCUT2D eigenvalue weighted by atomic mass is 35.5. The van der Waals surface area contributed by atoms with E-state index in [9.17, 15) is 4.39 Å². The lowest BCUT2D eigenvalue weighted by atomic mass is 9.95. The summed E-state index contributed by atoms with van der Waals surface area (Å²) in [6.07, 6.45) is 4.65. The average molecular weight is 267 g/mol. The number of rotatable bonds is 5. The summed E-state index contributed by atoms with van der Waals surface area (Å²) in [5.41, 5.74) is 2.07. The number of hydrogen-bond donors (Lipinski definition) is 0. The minimum atomic E-state index is -0.216. The Kier molecular flexibility index (Phi) is 4.37. The van der Waals surface area contributed by atoms with E-state index in [-0.39, 0.29) is 11.7 Å². The Morgan fingerprint density at radius 1 is 1.44 bits per heavy atom. The van der Waals surface area contributed by atoms with Crippen LogP contribution in [-0.2, 0) is 13.0 Å². The summed E-state index contributed by atoms with van der Waals surface area (Å²) in [6.45, 7) is 2.90. The van der Waals surface area contributed by atoms with Gasteiger partial charge in [0, 0.05) is 24.5 Å². The van der Waals surface area contributed by atoms with Gasteiger partial charge < -0.3 is 0 Å². The van der Waals surface area contributed by atoms with Crippen LogP contribution in [0.3, 0.4) is 0 Å². The van der Waals surface area contributed by atoms with E-state index in [0.29, 0.717) is 5.88 Å². The molecule has 1 unspecified atom stereocenters. The summed E-state index contributed by atoms with van der Waals surface area (Å²) in [4.78, 5) is 0. The van der Waals surface area contributed by atoms with E-state index >= 15 is 0 Å². The molecule has 0 aliphatic rings. The van der Waals surface area contributed by atoms with Gasteiger partial charge in [0.2, 0.25) is 0 Å². The SMILES string of the molecule is CCn1cc(CC(CCl)c2cccc(F)c2)cn1. The Morgan fingerprint density at radius 3 is 2.89 bits per heavy atom. The van der Waals surface area contributed by atoms with Gasteiger partial charge >= 0.3 is 0 Å². The molecule has 1 aromatic carbocycles. The maximum atomic E-state index is 13.2. The molecule has 1 atom stereocenters. The van der Waals surface area contributed by atoms with Crippen LogP contribution in [0.2, 0.25) is 0 Å². The number of benzene rings is 1. The zero-order chi connectivity index (χ0) is 13.0. The minimum absolute atomic E-state index is 0.122. The molecule has 4 heteroatoms. The number of nitrogens with zero attached hydrogens (tertiary/aromatic N) is 2. The number of aromatic nitrogens is 2. The van der Waals surface area contributed by atoms with E-state index in [1.807, 2.05) is 30.1 Å². The Hall–Kier alpha value is -1.35. The third kappa shape index (κ3) is 3.10. The fourth-order valence-electron chi connectivity index (χ4n) is 1.99. The highest BCUT2D eigenvalue weighted by Crippen LogP contribution is 2.22. The highest BCUT2D eigenvalue weighted by molar-refractivity contribution is 6.18. The Labute approximate surface area is 111 Å². The molecule has 0 saturated carbocycles. The number of halogens is 2. The lowest BCUT2D eigenvalue weighted by Crippen LogP contribution is -2.04. The van der Waals surface area contributed by atoms with Gasteiger partial charge in [0.05, 0.1) is 6.20 Å². The van der Waals surface area contributed by atoms with Crippen molar-refractivity contribution in [3.05, 3.63) is 53.6 Å². The van der Waals surface area contributed by atoms with Crippen LogP contribution in [0.1, 0.15) is 24.0 Å². The van der Waals surface area contributed by atoms with Crippen LogP contribution in [-0.4, -0.2) is 15.7 Å². The van der Waals surface area contributed by atoms with Crippen LogP contribution < -0.4 is 0 Å². The zero-order valence-electron chi connectivity index (χ0n) is 10.3. The van der Waals surface area contributed by atoms with Gasteiger partial charge in [-0.05, 0) is 36.6 Å². The van der Waals surface area contributed by atoms with Gasteiger partial charge in [0.1, 0.15) is 5.82 Å². The van der Waals surface area contributed by atoms with Crippen molar-refractivity contribution in [1.29, 1.82) is 0 Å². The number of alkyl halides is 1. The zero-order valence-corrected chi connectivity index (χ0v) is 11.1. The van der Waals surface area contributed by atoms with Gasteiger partial charge in [-0.1, -0.05) is 12.1 Å². The molecule has 0 fully saturated rings. The lowest BCUT2D eigenvalue weighted by Gasteiger charge is -2.13. The molecule has 0 saturated heterocycles. The van der Waals surface area contributed by atoms with Gasteiger partial charge in [-0.3, -0.25) is 4.68 Å². The second kappa shape index (κ2) is 6.01. The first-order valence-electron chi connectivity index (χ1n) is 6.05. The largest absolute Gasteiger partial charge is 0.273 e. The van der Waals surface area contributed by atoms with Crippen LogP contribution in [0.15, 0.2) is 36.7 Å². The van der Waals surface area contributed by atoms with Crippen LogP contribution in [0.25, 0.3) is 0 Å². The first-order chi connectivity index (χ1) is 8.72. The lowest BCUT2D eigenvalue weighted by molar-refractivity contribution is 0.621. The van der Waals surface area contributed by atoms with Crippen molar-refractivity contribution in [1.82, 2.24) is 9.78 Å². The Morgan fingerprint density at radius 2 is 2.28 bits per heavy atom. The van der Waals surface area contributed by atoms with E-state index in [1.165, 1.54) is 6.07 Å². The summed E-state index contributed by atoms with van der Waals surface area (Å²) in [5, 5.41) is 4.23. The van der Waals surface area contributed by atoms with Gasteiger partial charge in [-0.2, -0.15) is 5.10 Å². The Balaban J connectivity index is 2.14. The molecule has 2 aromatic rings. The summed E-state index contributed by atoms with van der Waals surface area (Å²) in [5.74, 6) is 0.379. The first-order valence-corrected chi connectivity index (χ1v) is 6.59. The summed E-state index contributed by atoms with van der Waals surface area (Å²) < 4.78 is 15.1. The smallest absolute Gasteiger partial charge is 0.123 e. The summed E-state index contributed by atoms with van der Waals surface area (Å²) >= 11 is 6.00. The number of aryl methyl sites for hydroxylation is 1. The topological polar surface area (TPSA) is 17.8 Å². The predicted octanol–water partition coefficient (Wildman–Crippen LogP) is 3.61. The molecule has 0 aliphatic heterocycles. The van der Waals surface area contributed by atoms with Crippen molar-refractivity contribution in [3.63, 3.8) is 0 Å². The van der Waals surface area contributed by atoms with E-state index < -0.39 is 0 Å². The van der Waals surface area contributed by atoms with Crippen molar-refractivity contribution in [2.24, 2.45) is 0 Å². The van der Waals surface area contributed by atoms with Gasteiger partial charge in [0.15, 0.2) is 0 Å². The molecular weight excluding hydrogens is 251 g/mol. The second-order valence-electron chi connectivity index (χ2n) is 4.31. The fraction of sp³-hybridized carbons (Fsp3) is 0.357. The molecule has 0 radical (unpaired) electrons. The molecule has 0 spiro atoms. The second-order valence-corrected chi connectivity index (χ2v) is 4.62. The van der Waals surface area contributed by atoms with E-state index in [1.54, 1.807) is 12.1 Å². The third-order valence-electron chi connectivity index (χ3n) is 3.00. The monoisotopic (exact) mass is 266 g/mol. The van der Waals surface area contributed by atoms with Crippen molar-refractivity contribution in [2.45, 2.75) is 25.8 Å². The summed E-state index contributed by atoms with van der Waals surface area (Å²) in [6, 6.07) is 6.64. The predicted molar refractivity (Wildman–Crippen MR) is 71.5 cm³/mol. The summed E-state index contributed by atoms with van der Waals surface area (Å²) in [7, 11) is 0. The highest BCUT2D eigenvalue weighted by Gasteiger charge is 2.13. The fourth-order valence-corrected chi connectivity index (χ4v) is 2.28. The molecule has 1 heterocycles. The van der Waals surface area contributed by atoms with E-state index in [2.05, 4.69) is 5.10 Å². The average Bonchev–Trinajstić information content (AvgIpc) is 2.83. The van der Waals surface area contributed by atoms with Gasteiger partial charge in [-0.25, -0.2) is 4.39 Å². The van der Waals surface area contributed by atoms with Gasteiger partial charge in [-0.15, -0.1) is 11.6 Å². The molecule has 1 aromatic heterocycles. The normalized spacial score (nSPS) is 12.6. The van der Waals surface area contributed by atoms with E-state index in [0.717, 1.165) is 24.1 Å². The Bertz CT molecular complexity index is 510. The standard InChI is InChI=1S/C14H16ClFN2/c1-2-18-10-11(9-17-18)6-13(8-15)12-4-3-5-14(16)7-12/h3-5,7,9-10,13H,2,6,8H2,1H3. The number of hydrogen-bond acceptors (Lipinski definition) is 1. The molecule has 2 rings (SSSR count). The van der Waals surface area contributed by atoms with Crippen LogP contribution in [0.5, 0.6) is 0 Å².